The number of thiazole rings is 1. The maximum Gasteiger partial charge on any atom is 0.347 e. The van der Waals surface area contributed by atoms with E-state index in [0.717, 1.165) is 16.1 Å². The van der Waals surface area contributed by atoms with Crippen molar-refractivity contribution in [2.75, 3.05) is 13.4 Å². The van der Waals surface area contributed by atoms with E-state index in [9.17, 15) is 4.79 Å². The third-order valence-electron chi connectivity index (χ3n) is 4.41. The highest BCUT2D eigenvalue weighted by atomic mass is 32.1. The van der Waals surface area contributed by atoms with E-state index in [2.05, 4.69) is 10.1 Å². The van der Waals surface area contributed by atoms with Crippen molar-refractivity contribution in [3.05, 3.63) is 64.7 Å². The van der Waals surface area contributed by atoms with Crippen molar-refractivity contribution in [1.29, 1.82) is 0 Å². The Morgan fingerprint density at radius 1 is 1.17 bits per heavy atom. The Kier molecular flexibility index (Phi) is 5.94. The fraction of sp³-hybridized carbons (Fsp3) is 0.227. The molecular formula is C22H20N2O5S. The van der Waals surface area contributed by atoms with Crippen LogP contribution >= 0.6 is 11.3 Å². The van der Waals surface area contributed by atoms with E-state index in [-0.39, 0.29) is 20.0 Å². The summed E-state index contributed by atoms with van der Waals surface area (Å²) in [4.78, 5) is 21.6. The molecule has 0 unspecified atom stereocenters. The molecule has 0 saturated heterocycles. The SMILES string of the molecule is C/C(=N\OCC(=O)OCc1csc(-c2ccc(C)cc2)n1)c1ccc2c(c1)OCO2. The Balaban J connectivity index is 1.25. The van der Waals surface area contributed by atoms with Gasteiger partial charge in [0.25, 0.3) is 0 Å². The van der Waals surface area contributed by atoms with Crippen LogP contribution in [0, 0.1) is 6.92 Å². The number of rotatable bonds is 7. The minimum Gasteiger partial charge on any atom is -0.457 e. The van der Waals surface area contributed by atoms with Crippen LogP contribution in [0.5, 0.6) is 11.5 Å². The number of carbonyl (C=O) groups is 1. The minimum atomic E-state index is -0.512. The molecule has 30 heavy (non-hydrogen) atoms. The third-order valence-corrected chi connectivity index (χ3v) is 5.35. The number of hydrogen-bond donors (Lipinski definition) is 0. The van der Waals surface area contributed by atoms with Crippen LogP contribution in [0.15, 0.2) is 53.0 Å². The lowest BCUT2D eigenvalue weighted by Gasteiger charge is -2.04. The number of fused-ring (bicyclic) bond motifs is 1. The van der Waals surface area contributed by atoms with Gasteiger partial charge in [-0.25, -0.2) is 9.78 Å². The predicted octanol–water partition coefficient (Wildman–Crippen LogP) is 4.33. The molecule has 4 rings (SSSR count). The van der Waals surface area contributed by atoms with Gasteiger partial charge in [0.2, 0.25) is 13.4 Å². The second kappa shape index (κ2) is 8.96. The molecular weight excluding hydrogens is 404 g/mol. The zero-order valence-electron chi connectivity index (χ0n) is 16.6. The smallest absolute Gasteiger partial charge is 0.347 e. The van der Waals surface area contributed by atoms with E-state index in [1.807, 2.05) is 54.8 Å². The van der Waals surface area contributed by atoms with Gasteiger partial charge in [0, 0.05) is 16.5 Å². The predicted molar refractivity (Wildman–Crippen MR) is 113 cm³/mol. The van der Waals surface area contributed by atoms with Crippen LogP contribution < -0.4 is 9.47 Å². The lowest BCUT2D eigenvalue weighted by molar-refractivity contribution is -0.150. The number of aromatic nitrogens is 1. The fourth-order valence-corrected chi connectivity index (χ4v) is 3.56. The monoisotopic (exact) mass is 424 g/mol. The molecule has 3 aromatic rings. The van der Waals surface area contributed by atoms with Crippen molar-refractivity contribution >= 4 is 23.0 Å². The maximum atomic E-state index is 11.9. The van der Waals surface area contributed by atoms with Gasteiger partial charge in [0.15, 0.2) is 11.5 Å². The summed E-state index contributed by atoms with van der Waals surface area (Å²) in [5.41, 5.74) is 4.37. The third kappa shape index (κ3) is 4.77. The molecule has 0 radical (unpaired) electrons. The van der Waals surface area contributed by atoms with Gasteiger partial charge in [0.1, 0.15) is 11.6 Å². The number of benzene rings is 2. The molecule has 0 bridgehead atoms. The molecule has 2 heterocycles. The zero-order chi connectivity index (χ0) is 20.9. The lowest BCUT2D eigenvalue weighted by Crippen LogP contribution is -2.11. The highest BCUT2D eigenvalue weighted by molar-refractivity contribution is 7.13. The van der Waals surface area contributed by atoms with Crippen molar-refractivity contribution in [3.63, 3.8) is 0 Å². The average molecular weight is 424 g/mol. The van der Waals surface area contributed by atoms with Crippen molar-refractivity contribution in [2.24, 2.45) is 5.16 Å². The minimum absolute atomic E-state index is 0.0927. The standard InChI is InChI=1S/C22H20N2O5S/c1-14-3-5-16(6-4-14)22-23-18(12-30-22)10-26-21(25)11-29-24-15(2)17-7-8-19-20(9-17)28-13-27-19/h3-9,12H,10-11,13H2,1-2H3/b24-15+. The highest BCUT2D eigenvalue weighted by Crippen LogP contribution is 2.32. The summed E-state index contributed by atoms with van der Waals surface area (Å²) < 4.78 is 15.8. The number of nitrogens with zero attached hydrogens (tertiary/aromatic N) is 2. The molecule has 0 amide bonds. The fourth-order valence-electron chi connectivity index (χ4n) is 2.75. The van der Waals surface area contributed by atoms with Gasteiger partial charge in [0.05, 0.1) is 11.4 Å². The normalized spacial score (nSPS) is 12.7. The Bertz CT molecular complexity index is 1080. The molecule has 8 heteroatoms. The van der Waals surface area contributed by atoms with Gasteiger partial charge < -0.3 is 19.0 Å². The largest absolute Gasteiger partial charge is 0.457 e. The van der Waals surface area contributed by atoms with Gasteiger partial charge in [-0.2, -0.15) is 0 Å². The second-order valence-electron chi connectivity index (χ2n) is 6.69. The maximum absolute atomic E-state index is 11.9. The van der Waals surface area contributed by atoms with Crippen LogP contribution in [0.25, 0.3) is 10.6 Å². The van der Waals surface area contributed by atoms with Crippen LogP contribution in [0.2, 0.25) is 0 Å². The molecule has 154 valence electrons. The van der Waals surface area contributed by atoms with E-state index >= 15 is 0 Å². The number of esters is 1. The van der Waals surface area contributed by atoms with Crippen LogP contribution in [0.1, 0.15) is 23.7 Å². The summed E-state index contributed by atoms with van der Waals surface area (Å²) in [6.45, 7) is 3.85. The summed E-state index contributed by atoms with van der Waals surface area (Å²) in [6, 6.07) is 13.6. The van der Waals surface area contributed by atoms with Crippen LogP contribution in [-0.2, 0) is 21.0 Å². The molecule has 1 aliphatic rings. The van der Waals surface area contributed by atoms with Gasteiger partial charge in [-0.15, -0.1) is 11.3 Å². The van der Waals surface area contributed by atoms with Gasteiger partial charge in [-0.3, -0.25) is 0 Å². The van der Waals surface area contributed by atoms with Gasteiger partial charge >= 0.3 is 5.97 Å². The Labute approximate surface area is 177 Å². The Morgan fingerprint density at radius 3 is 2.80 bits per heavy atom. The van der Waals surface area contributed by atoms with E-state index in [1.54, 1.807) is 6.92 Å². The number of carbonyl (C=O) groups excluding carboxylic acids is 1. The molecule has 0 spiro atoms. The number of aryl methyl sites for hydroxylation is 1. The second-order valence-corrected chi connectivity index (χ2v) is 7.55. The molecule has 7 nitrogen and oxygen atoms in total. The molecule has 0 saturated carbocycles. The number of oxime groups is 1. The Morgan fingerprint density at radius 2 is 1.97 bits per heavy atom. The molecule has 1 aliphatic heterocycles. The van der Waals surface area contributed by atoms with Gasteiger partial charge in [-0.05, 0) is 32.0 Å². The van der Waals surface area contributed by atoms with E-state index in [4.69, 9.17) is 19.0 Å². The molecule has 0 N–H and O–H groups in total. The summed E-state index contributed by atoms with van der Waals surface area (Å²) in [7, 11) is 0. The molecule has 2 aromatic carbocycles. The first-order chi connectivity index (χ1) is 14.6. The first-order valence-electron chi connectivity index (χ1n) is 9.32. The lowest BCUT2D eigenvalue weighted by atomic mass is 10.1. The first kappa shape index (κ1) is 19.9. The van der Waals surface area contributed by atoms with Crippen LogP contribution in [0.3, 0.4) is 0 Å². The van der Waals surface area contributed by atoms with E-state index < -0.39 is 5.97 Å². The summed E-state index contributed by atoms with van der Waals surface area (Å²) in [6.07, 6.45) is 0. The van der Waals surface area contributed by atoms with Crippen LogP contribution in [-0.4, -0.2) is 30.1 Å². The zero-order valence-corrected chi connectivity index (χ0v) is 17.4. The molecule has 1 aromatic heterocycles. The Hall–Kier alpha value is -3.39. The molecule has 0 fully saturated rings. The summed E-state index contributed by atoms with van der Waals surface area (Å²) in [5, 5.41) is 6.74. The molecule has 0 aliphatic carbocycles. The van der Waals surface area contributed by atoms with Crippen molar-refractivity contribution in [2.45, 2.75) is 20.5 Å². The molecule has 0 atom stereocenters. The van der Waals surface area contributed by atoms with E-state index in [0.29, 0.717) is 22.9 Å². The average Bonchev–Trinajstić information content (AvgIpc) is 3.41. The number of ether oxygens (including phenoxy) is 3. The van der Waals surface area contributed by atoms with Crippen molar-refractivity contribution in [1.82, 2.24) is 4.98 Å². The van der Waals surface area contributed by atoms with E-state index in [1.165, 1.54) is 16.9 Å². The van der Waals surface area contributed by atoms with Crippen molar-refractivity contribution < 1.29 is 23.8 Å². The first-order valence-corrected chi connectivity index (χ1v) is 10.2. The highest BCUT2D eigenvalue weighted by Gasteiger charge is 2.14. The van der Waals surface area contributed by atoms with Crippen LogP contribution in [0.4, 0.5) is 0 Å². The van der Waals surface area contributed by atoms with Crippen molar-refractivity contribution in [3.8, 4) is 22.1 Å². The quantitative estimate of drug-likeness (QED) is 0.319. The van der Waals surface area contributed by atoms with Gasteiger partial charge in [-0.1, -0.05) is 35.0 Å². The number of hydrogen-bond acceptors (Lipinski definition) is 8. The summed E-state index contributed by atoms with van der Waals surface area (Å²) in [5.74, 6) is 0.848. The topological polar surface area (TPSA) is 79.2 Å². The summed E-state index contributed by atoms with van der Waals surface area (Å²) >= 11 is 1.51.